The van der Waals surface area contributed by atoms with Crippen molar-refractivity contribution in [1.82, 2.24) is 9.13 Å². The molecule has 0 aliphatic carbocycles. The predicted molar refractivity (Wildman–Crippen MR) is 125 cm³/mol. The maximum atomic E-state index is 13.2. The maximum Gasteiger partial charge on any atom is 0.333 e. The number of nitrogens with one attached hydrogen (secondary N) is 1. The van der Waals surface area contributed by atoms with Crippen LogP contribution in [0.4, 0.5) is 17.2 Å². The molecule has 1 aliphatic rings. The molecule has 1 saturated heterocycles. The number of nitrogens with two attached hydrogens (primary N) is 1. The zero-order valence-corrected chi connectivity index (χ0v) is 19.4. The molecule has 0 unspecified atom stereocenters. The minimum atomic E-state index is -0.623. The lowest BCUT2D eigenvalue weighted by Gasteiger charge is -2.30. The molecule has 1 aromatic heterocycles. The van der Waals surface area contributed by atoms with Gasteiger partial charge in [-0.3, -0.25) is 14.2 Å². The summed E-state index contributed by atoms with van der Waals surface area (Å²) in [6.45, 7) is 3.32. The molecule has 3 rings (SSSR count). The van der Waals surface area contributed by atoms with Crippen molar-refractivity contribution in [2.75, 3.05) is 42.8 Å². The number of halogens is 1. The third kappa shape index (κ3) is 5.19. The smallest absolute Gasteiger partial charge is 0.333 e. The number of aryl methyl sites for hydroxylation is 1. The Balaban J connectivity index is 1.97. The molecule has 1 aromatic carbocycles. The van der Waals surface area contributed by atoms with Crippen LogP contribution in [0.15, 0.2) is 32.3 Å². The van der Waals surface area contributed by atoms with Gasteiger partial charge in [-0.25, -0.2) is 9.36 Å². The van der Waals surface area contributed by atoms with E-state index in [-0.39, 0.29) is 24.7 Å². The summed E-state index contributed by atoms with van der Waals surface area (Å²) in [7, 11) is 1.52. The van der Waals surface area contributed by atoms with Gasteiger partial charge in [0.2, 0.25) is 5.91 Å². The van der Waals surface area contributed by atoms with E-state index in [0.717, 1.165) is 33.9 Å². The van der Waals surface area contributed by atoms with Crippen LogP contribution in [-0.4, -0.2) is 41.8 Å². The molecule has 2 aromatic rings. The molecule has 1 amide bonds. The minimum absolute atomic E-state index is 0.120. The monoisotopic (exact) mass is 493 g/mol. The van der Waals surface area contributed by atoms with Crippen molar-refractivity contribution in [1.29, 1.82) is 0 Å². The molecule has 0 atom stereocenters. The van der Waals surface area contributed by atoms with E-state index in [9.17, 15) is 14.4 Å². The molecule has 168 valence electrons. The molecule has 31 heavy (non-hydrogen) atoms. The van der Waals surface area contributed by atoms with Crippen LogP contribution in [0.25, 0.3) is 0 Å². The van der Waals surface area contributed by atoms with Crippen molar-refractivity contribution in [2.45, 2.75) is 39.3 Å². The van der Waals surface area contributed by atoms with E-state index >= 15 is 0 Å². The normalized spacial score (nSPS) is 14.0. The van der Waals surface area contributed by atoms with E-state index in [1.54, 1.807) is 6.07 Å². The van der Waals surface area contributed by atoms with Gasteiger partial charge in [0, 0.05) is 30.4 Å². The molecule has 0 bridgehead atoms. The van der Waals surface area contributed by atoms with Crippen LogP contribution in [0, 0.1) is 6.92 Å². The van der Waals surface area contributed by atoms with Crippen molar-refractivity contribution in [3.63, 3.8) is 0 Å². The number of rotatable bonds is 7. The van der Waals surface area contributed by atoms with Crippen LogP contribution in [-0.2, 0) is 22.6 Å². The number of amides is 1. The van der Waals surface area contributed by atoms with E-state index in [0.29, 0.717) is 18.8 Å². The van der Waals surface area contributed by atoms with Crippen LogP contribution >= 0.6 is 15.9 Å². The second kappa shape index (κ2) is 10.1. The third-order valence-corrected chi connectivity index (χ3v) is 6.27. The number of carbonyl (C=O) groups is 1. The standard InChI is InChI=1S/C21H28BrN5O4/c1-14-12-15(6-7-16(14)22)24-17(28)13-27-20(29)18(25-8-4-3-5-9-25)19(23)26(21(27)30)10-11-31-2/h6-7,12H,3-5,8-11,13,23H2,1-2H3,(H,24,28). The zero-order valence-electron chi connectivity index (χ0n) is 17.8. The summed E-state index contributed by atoms with van der Waals surface area (Å²) in [5.74, 6) is -0.345. The number of methoxy groups -OCH3 is 1. The molecule has 0 radical (unpaired) electrons. The lowest BCUT2D eigenvalue weighted by Crippen LogP contribution is -2.47. The van der Waals surface area contributed by atoms with Gasteiger partial charge < -0.3 is 20.7 Å². The molecule has 10 heteroatoms. The number of piperidine rings is 1. The molecule has 0 saturated carbocycles. The average molecular weight is 494 g/mol. The second-order valence-corrected chi connectivity index (χ2v) is 8.47. The quantitative estimate of drug-likeness (QED) is 0.609. The molecule has 9 nitrogen and oxygen atoms in total. The van der Waals surface area contributed by atoms with E-state index in [2.05, 4.69) is 21.2 Å². The molecule has 1 aliphatic heterocycles. The first-order chi connectivity index (χ1) is 14.8. The number of nitrogen functional groups attached to an aromatic ring is 1. The van der Waals surface area contributed by atoms with Crippen molar-refractivity contribution >= 4 is 39.0 Å². The summed E-state index contributed by atoms with van der Waals surface area (Å²) in [6, 6.07) is 5.38. The van der Waals surface area contributed by atoms with Crippen LogP contribution in [0.1, 0.15) is 24.8 Å². The highest BCUT2D eigenvalue weighted by Crippen LogP contribution is 2.22. The lowest BCUT2D eigenvalue weighted by molar-refractivity contribution is -0.116. The van der Waals surface area contributed by atoms with Crippen molar-refractivity contribution in [2.24, 2.45) is 0 Å². The van der Waals surface area contributed by atoms with Gasteiger partial charge in [0.1, 0.15) is 18.1 Å². The number of benzene rings is 1. The second-order valence-electron chi connectivity index (χ2n) is 7.61. The van der Waals surface area contributed by atoms with Crippen LogP contribution in [0.3, 0.4) is 0 Å². The first kappa shape index (κ1) is 23.1. The zero-order chi connectivity index (χ0) is 22.5. The van der Waals surface area contributed by atoms with Gasteiger partial charge in [-0.1, -0.05) is 15.9 Å². The van der Waals surface area contributed by atoms with Crippen molar-refractivity contribution in [3.8, 4) is 0 Å². The van der Waals surface area contributed by atoms with Gasteiger partial charge in [0.25, 0.3) is 5.56 Å². The average Bonchev–Trinajstić information content (AvgIpc) is 2.75. The number of carbonyl (C=O) groups excluding carboxylic acids is 1. The fraction of sp³-hybridized carbons (Fsp3) is 0.476. The van der Waals surface area contributed by atoms with Gasteiger partial charge in [-0.2, -0.15) is 0 Å². The summed E-state index contributed by atoms with van der Waals surface area (Å²) in [5.41, 5.74) is 6.92. The van der Waals surface area contributed by atoms with Gasteiger partial charge >= 0.3 is 5.69 Å². The minimum Gasteiger partial charge on any atom is -0.383 e. The molecule has 1 fully saturated rings. The summed E-state index contributed by atoms with van der Waals surface area (Å²) < 4.78 is 8.28. The third-order valence-electron chi connectivity index (χ3n) is 5.38. The first-order valence-corrected chi connectivity index (χ1v) is 11.1. The van der Waals surface area contributed by atoms with Crippen molar-refractivity contribution in [3.05, 3.63) is 49.1 Å². The van der Waals surface area contributed by atoms with E-state index < -0.39 is 23.7 Å². The SMILES string of the molecule is COCCn1c(N)c(N2CCCCC2)c(=O)n(CC(=O)Nc2ccc(Br)c(C)c2)c1=O. The Hall–Kier alpha value is -2.59. The number of nitrogens with zero attached hydrogens (tertiary/aromatic N) is 3. The van der Waals surface area contributed by atoms with E-state index in [1.165, 1.54) is 11.7 Å². The number of ether oxygens (including phenoxy) is 1. The topological polar surface area (TPSA) is 112 Å². The van der Waals surface area contributed by atoms with Gasteiger partial charge in [-0.15, -0.1) is 0 Å². The molecule has 2 heterocycles. The number of anilines is 3. The Morgan fingerprint density at radius 1 is 1.19 bits per heavy atom. The number of aromatic nitrogens is 2. The summed E-state index contributed by atoms with van der Waals surface area (Å²) in [5, 5.41) is 2.75. The Morgan fingerprint density at radius 2 is 1.90 bits per heavy atom. The molecule has 0 spiro atoms. The fourth-order valence-corrected chi connectivity index (χ4v) is 3.97. The van der Waals surface area contributed by atoms with Gasteiger partial charge in [0.05, 0.1) is 13.2 Å². The molecular weight excluding hydrogens is 466 g/mol. The number of hydrogen-bond acceptors (Lipinski definition) is 6. The first-order valence-electron chi connectivity index (χ1n) is 10.3. The van der Waals surface area contributed by atoms with Crippen LogP contribution < -0.4 is 27.2 Å². The van der Waals surface area contributed by atoms with Crippen LogP contribution in [0.2, 0.25) is 0 Å². The number of hydrogen-bond donors (Lipinski definition) is 2. The van der Waals surface area contributed by atoms with E-state index in [4.69, 9.17) is 10.5 Å². The summed E-state index contributed by atoms with van der Waals surface area (Å²) in [4.78, 5) is 40.9. The Bertz CT molecular complexity index is 1070. The highest BCUT2D eigenvalue weighted by Gasteiger charge is 2.24. The predicted octanol–water partition coefficient (Wildman–Crippen LogP) is 1.94. The van der Waals surface area contributed by atoms with Crippen LogP contribution in [0.5, 0.6) is 0 Å². The Kier molecular flexibility index (Phi) is 7.55. The summed E-state index contributed by atoms with van der Waals surface area (Å²) >= 11 is 3.42. The van der Waals surface area contributed by atoms with E-state index in [1.807, 2.05) is 24.0 Å². The maximum absolute atomic E-state index is 13.2. The van der Waals surface area contributed by atoms with Crippen molar-refractivity contribution < 1.29 is 9.53 Å². The fourth-order valence-electron chi connectivity index (χ4n) is 3.72. The highest BCUT2D eigenvalue weighted by molar-refractivity contribution is 9.10. The highest BCUT2D eigenvalue weighted by atomic mass is 79.9. The Morgan fingerprint density at radius 3 is 2.55 bits per heavy atom. The molecular formula is C21H28BrN5O4. The van der Waals surface area contributed by atoms with Gasteiger partial charge in [-0.05, 0) is 49.9 Å². The molecule has 3 N–H and O–H groups in total. The summed E-state index contributed by atoms with van der Waals surface area (Å²) in [6.07, 6.45) is 2.97. The largest absolute Gasteiger partial charge is 0.383 e. The Labute approximate surface area is 188 Å². The lowest BCUT2D eigenvalue weighted by atomic mass is 10.1. The van der Waals surface area contributed by atoms with Gasteiger partial charge in [0.15, 0.2) is 0 Å².